The Balaban J connectivity index is 1.67. The maximum Gasteiger partial charge on any atom is 0.317 e. The number of hydrogen-bond acceptors (Lipinski definition) is 2. The van der Waals surface area contributed by atoms with Gasteiger partial charge in [-0.25, -0.2) is 4.79 Å². The number of ether oxygens (including phenoxy) is 1. The standard InChI is InChI=1S/C20H31ClN2O2/c21-17-12-14-19(15-13-17)25-16-22-20(24)23-18-10-8-6-4-2-1-3-5-7-9-11-18/h12-15,18H,1-11,16H2,(H2,22,23,24). The molecule has 0 aromatic heterocycles. The van der Waals surface area contributed by atoms with E-state index in [0.717, 1.165) is 12.8 Å². The Morgan fingerprint density at radius 2 is 1.44 bits per heavy atom. The van der Waals surface area contributed by atoms with Crippen LogP contribution in [0.15, 0.2) is 24.3 Å². The van der Waals surface area contributed by atoms with Crippen molar-refractivity contribution in [2.45, 2.75) is 76.7 Å². The number of urea groups is 1. The predicted octanol–water partition coefficient (Wildman–Crippen LogP) is 5.65. The fourth-order valence-corrected chi connectivity index (χ4v) is 3.39. The monoisotopic (exact) mass is 366 g/mol. The number of benzene rings is 1. The Bertz CT molecular complexity index is 481. The van der Waals surface area contributed by atoms with Crippen LogP contribution in [0, 0.1) is 0 Å². The van der Waals surface area contributed by atoms with E-state index in [-0.39, 0.29) is 18.8 Å². The Morgan fingerprint density at radius 1 is 0.920 bits per heavy atom. The molecule has 140 valence electrons. The Hall–Kier alpha value is -1.42. The summed E-state index contributed by atoms with van der Waals surface area (Å²) in [4.78, 5) is 12.1. The van der Waals surface area contributed by atoms with E-state index in [4.69, 9.17) is 16.3 Å². The van der Waals surface area contributed by atoms with Crippen molar-refractivity contribution in [3.63, 3.8) is 0 Å². The van der Waals surface area contributed by atoms with E-state index in [1.807, 2.05) is 0 Å². The van der Waals surface area contributed by atoms with Gasteiger partial charge in [0, 0.05) is 11.1 Å². The van der Waals surface area contributed by atoms with Crippen molar-refractivity contribution in [2.24, 2.45) is 0 Å². The minimum atomic E-state index is -0.147. The quantitative estimate of drug-likeness (QED) is 0.676. The van der Waals surface area contributed by atoms with E-state index in [1.54, 1.807) is 24.3 Å². The average molecular weight is 367 g/mol. The first-order chi connectivity index (χ1) is 12.2. The molecule has 0 heterocycles. The van der Waals surface area contributed by atoms with E-state index in [1.165, 1.54) is 57.8 Å². The van der Waals surface area contributed by atoms with Crippen molar-refractivity contribution in [3.05, 3.63) is 29.3 Å². The van der Waals surface area contributed by atoms with E-state index in [9.17, 15) is 4.79 Å². The molecule has 1 aromatic carbocycles. The predicted molar refractivity (Wildman–Crippen MR) is 103 cm³/mol. The largest absolute Gasteiger partial charge is 0.473 e. The zero-order valence-corrected chi connectivity index (χ0v) is 15.8. The molecule has 5 heteroatoms. The van der Waals surface area contributed by atoms with Gasteiger partial charge in [-0.3, -0.25) is 0 Å². The lowest BCUT2D eigenvalue weighted by Gasteiger charge is -2.20. The summed E-state index contributed by atoms with van der Waals surface area (Å²) in [5.41, 5.74) is 0. The molecule has 1 aromatic rings. The molecule has 0 spiro atoms. The SMILES string of the molecule is O=C(NCOc1ccc(Cl)cc1)NC1CCCCCCCCCCC1. The van der Waals surface area contributed by atoms with Crippen LogP contribution in [0.3, 0.4) is 0 Å². The molecule has 0 radical (unpaired) electrons. The van der Waals surface area contributed by atoms with Crippen LogP contribution in [0.1, 0.15) is 70.6 Å². The molecule has 0 unspecified atom stereocenters. The normalized spacial score (nSPS) is 17.8. The Morgan fingerprint density at radius 3 is 2.00 bits per heavy atom. The summed E-state index contributed by atoms with van der Waals surface area (Å²) < 4.78 is 5.50. The third-order valence-corrected chi connectivity index (χ3v) is 4.98. The zero-order valence-electron chi connectivity index (χ0n) is 15.1. The molecule has 1 aliphatic rings. The minimum Gasteiger partial charge on any atom is -0.473 e. The van der Waals surface area contributed by atoms with Crippen molar-refractivity contribution < 1.29 is 9.53 Å². The lowest BCUT2D eigenvalue weighted by molar-refractivity contribution is 0.218. The van der Waals surface area contributed by atoms with E-state index in [2.05, 4.69) is 10.6 Å². The van der Waals surface area contributed by atoms with Crippen molar-refractivity contribution >= 4 is 17.6 Å². The Labute approximate surface area is 156 Å². The number of rotatable bonds is 4. The molecular weight excluding hydrogens is 336 g/mol. The third kappa shape index (κ3) is 9.01. The molecule has 0 aliphatic heterocycles. The van der Waals surface area contributed by atoms with Crippen molar-refractivity contribution in [3.8, 4) is 5.75 Å². The highest BCUT2D eigenvalue weighted by atomic mass is 35.5. The van der Waals surface area contributed by atoms with Gasteiger partial charge in [0.25, 0.3) is 0 Å². The smallest absolute Gasteiger partial charge is 0.317 e. The van der Waals surface area contributed by atoms with Gasteiger partial charge in [-0.1, -0.05) is 69.4 Å². The van der Waals surface area contributed by atoms with E-state index >= 15 is 0 Å². The van der Waals surface area contributed by atoms with Crippen LogP contribution in [-0.4, -0.2) is 18.8 Å². The summed E-state index contributed by atoms with van der Waals surface area (Å²) in [7, 11) is 0. The van der Waals surface area contributed by atoms with Gasteiger partial charge in [0.15, 0.2) is 6.73 Å². The molecule has 2 rings (SSSR count). The Kier molecular flexibility index (Phi) is 9.57. The first-order valence-corrected chi connectivity index (χ1v) is 10.0. The van der Waals surface area contributed by atoms with Crippen molar-refractivity contribution in [1.82, 2.24) is 10.6 Å². The number of amides is 2. The molecule has 25 heavy (non-hydrogen) atoms. The molecule has 1 saturated carbocycles. The first kappa shape index (κ1) is 19.9. The fourth-order valence-electron chi connectivity index (χ4n) is 3.26. The fraction of sp³-hybridized carbons (Fsp3) is 0.650. The lowest BCUT2D eigenvalue weighted by Crippen LogP contribution is -2.43. The van der Waals surface area contributed by atoms with Gasteiger partial charge < -0.3 is 15.4 Å². The second-order valence-electron chi connectivity index (χ2n) is 6.85. The van der Waals surface area contributed by atoms with Gasteiger partial charge in [-0.05, 0) is 37.1 Å². The van der Waals surface area contributed by atoms with Crippen LogP contribution in [0.2, 0.25) is 5.02 Å². The van der Waals surface area contributed by atoms with Gasteiger partial charge in [0.1, 0.15) is 5.75 Å². The maximum absolute atomic E-state index is 12.1. The topological polar surface area (TPSA) is 50.4 Å². The van der Waals surface area contributed by atoms with Gasteiger partial charge in [-0.2, -0.15) is 0 Å². The summed E-state index contributed by atoms with van der Waals surface area (Å²) in [6, 6.07) is 7.23. The molecule has 0 atom stereocenters. The summed E-state index contributed by atoms with van der Waals surface area (Å²) in [6.07, 6.45) is 13.9. The van der Waals surface area contributed by atoms with Crippen LogP contribution in [0.4, 0.5) is 4.79 Å². The number of nitrogens with one attached hydrogen (secondary N) is 2. The summed E-state index contributed by atoms with van der Waals surface area (Å²) in [6.45, 7) is 0.153. The maximum atomic E-state index is 12.1. The van der Waals surface area contributed by atoms with Crippen LogP contribution < -0.4 is 15.4 Å². The highest BCUT2D eigenvalue weighted by Crippen LogP contribution is 2.17. The van der Waals surface area contributed by atoms with E-state index in [0.29, 0.717) is 10.8 Å². The average Bonchev–Trinajstić information content (AvgIpc) is 2.59. The van der Waals surface area contributed by atoms with Gasteiger partial charge in [0.05, 0.1) is 0 Å². The molecule has 0 bridgehead atoms. The molecular formula is C20H31ClN2O2. The molecule has 4 nitrogen and oxygen atoms in total. The third-order valence-electron chi connectivity index (χ3n) is 4.73. The van der Waals surface area contributed by atoms with Crippen LogP contribution in [0.25, 0.3) is 0 Å². The summed E-state index contributed by atoms with van der Waals surface area (Å²) in [5, 5.41) is 6.56. The second kappa shape index (κ2) is 12.0. The van der Waals surface area contributed by atoms with Crippen molar-refractivity contribution in [1.29, 1.82) is 0 Å². The molecule has 2 amide bonds. The summed E-state index contributed by atoms with van der Waals surface area (Å²) in [5.74, 6) is 0.690. The highest BCUT2D eigenvalue weighted by Gasteiger charge is 2.12. The summed E-state index contributed by atoms with van der Waals surface area (Å²) >= 11 is 5.84. The zero-order chi connectivity index (χ0) is 17.7. The number of carbonyl (C=O) groups excluding carboxylic acids is 1. The van der Waals surface area contributed by atoms with Gasteiger partial charge >= 0.3 is 6.03 Å². The first-order valence-electron chi connectivity index (χ1n) is 9.67. The number of carbonyl (C=O) groups is 1. The van der Waals surface area contributed by atoms with Gasteiger partial charge in [0.2, 0.25) is 0 Å². The van der Waals surface area contributed by atoms with Crippen molar-refractivity contribution in [2.75, 3.05) is 6.73 Å². The second-order valence-corrected chi connectivity index (χ2v) is 7.29. The number of hydrogen-bond donors (Lipinski definition) is 2. The minimum absolute atomic E-state index is 0.147. The number of halogens is 1. The van der Waals surface area contributed by atoms with Crippen LogP contribution in [0.5, 0.6) is 5.75 Å². The molecule has 2 N–H and O–H groups in total. The molecule has 1 aliphatic carbocycles. The lowest BCUT2D eigenvalue weighted by atomic mass is 9.98. The van der Waals surface area contributed by atoms with E-state index < -0.39 is 0 Å². The molecule has 0 saturated heterocycles. The van der Waals surface area contributed by atoms with Gasteiger partial charge in [-0.15, -0.1) is 0 Å². The van der Waals surface area contributed by atoms with Crippen LogP contribution in [-0.2, 0) is 0 Å². The highest BCUT2D eigenvalue weighted by molar-refractivity contribution is 6.30. The van der Waals surface area contributed by atoms with Crippen LogP contribution >= 0.6 is 11.6 Å². The molecule has 1 fully saturated rings.